The molecule has 0 saturated heterocycles. The Balaban J connectivity index is 1.44. The van der Waals surface area contributed by atoms with Crippen LogP contribution in [0.2, 0.25) is 0 Å². The Morgan fingerprint density at radius 1 is 1.23 bits per heavy atom. The summed E-state index contributed by atoms with van der Waals surface area (Å²) in [5.41, 5.74) is -0.573. The van der Waals surface area contributed by atoms with E-state index in [2.05, 4.69) is 20.7 Å². The number of hydrogen-bond donors (Lipinski definition) is 2. The molecule has 31 heavy (non-hydrogen) atoms. The van der Waals surface area contributed by atoms with Crippen molar-refractivity contribution in [1.82, 2.24) is 14.8 Å². The minimum atomic E-state index is -4.59. The number of carbonyl (C=O) groups excluding carboxylic acids is 2. The second-order valence-electron chi connectivity index (χ2n) is 6.75. The maximum absolute atomic E-state index is 13.1. The number of rotatable bonds is 5. The molecule has 0 radical (unpaired) electrons. The third-order valence-electron chi connectivity index (χ3n) is 4.62. The summed E-state index contributed by atoms with van der Waals surface area (Å²) in [4.78, 5) is 28.1. The zero-order valence-corrected chi connectivity index (χ0v) is 15.9. The Morgan fingerprint density at radius 2 is 2.03 bits per heavy atom. The molecule has 1 aromatic heterocycles. The highest BCUT2D eigenvalue weighted by atomic mass is 19.4. The Labute approximate surface area is 174 Å². The minimum absolute atomic E-state index is 0.147. The van der Waals surface area contributed by atoms with Gasteiger partial charge in [-0.15, -0.1) is 0 Å². The molecule has 0 aliphatic carbocycles. The zero-order valence-electron chi connectivity index (χ0n) is 15.9. The van der Waals surface area contributed by atoms with E-state index >= 15 is 0 Å². The van der Waals surface area contributed by atoms with E-state index in [0.717, 1.165) is 6.07 Å². The van der Waals surface area contributed by atoms with Crippen LogP contribution in [-0.2, 0) is 15.8 Å². The van der Waals surface area contributed by atoms with E-state index in [4.69, 9.17) is 4.74 Å². The summed E-state index contributed by atoms with van der Waals surface area (Å²) in [6.07, 6.45) is -3.11. The normalized spacial score (nSPS) is 15.7. The first-order chi connectivity index (χ1) is 14.8. The summed E-state index contributed by atoms with van der Waals surface area (Å²) in [5.74, 6) is -0.295. The fourth-order valence-corrected chi connectivity index (χ4v) is 3.25. The number of hydrogen-bond acceptors (Lipinski definition) is 5. The second-order valence-corrected chi connectivity index (χ2v) is 6.75. The molecule has 1 atom stereocenters. The van der Waals surface area contributed by atoms with Crippen molar-refractivity contribution < 1.29 is 27.5 Å². The van der Waals surface area contributed by atoms with Crippen molar-refractivity contribution in [2.75, 3.05) is 17.2 Å². The van der Waals surface area contributed by atoms with E-state index in [1.54, 1.807) is 28.9 Å². The number of aromatic nitrogens is 3. The van der Waals surface area contributed by atoms with Crippen LogP contribution in [0.25, 0.3) is 0 Å². The van der Waals surface area contributed by atoms with Gasteiger partial charge in [-0.1, -0.05) is 24.3 Å². The van der Waals surface area contributed by atoms with Crippen LogP contribution in [0.5, 0.6) is 5.75 Å². The van der Waals surface area contributed by atoms with Gasteiger partial charge in [-0.05, 0) is 29.8 Å². The molecule has 4 rings (SSSR count). The number of amides is 2. The average molecular weight is 431 g/mol. The van der Waals surface area contributed by atoms with Crippen LogP contribution in [0.1, 0.15) is 23.6 Å². The fraction of sp³-hybridized carbons (Fsp3) is 0.200. The third-order valence-corrected chi connectivity index (χ3v) is 4.62. The lowest BCUT2D eigenvalue weighted by Gasteiger charge is -2.24. The van der Waals surface area contributed by atoms with Gasteiger partial charge in [0, 0.05) is 0 Å². The number of fused-ring (bicyclic) bond motifs is 1. The van der Waals surface area contributed by atoms with E-state index in [9.17, 15) is 22.8 Å². The van der Waals surface area contributed by atoms with Gasteiger partial charge in [0.1, 0.15) is 12.1 Å². The first kappa shape index (κ1) is 20.4. The SMILES string of the molecule is O=C(COc1cccc([C@H]2CC(=O)Nc3ncnn32)c1)Nc1ccccc1C(F)(F)F. The Hall–Kier alpha value is -3.89. The third kappa shape index (κ3) is 4.49. The van der Waals surface area contributed by atoms with Gasteiger partial charge in [-0.3, -0.25) is 14.9 Å². The summed E-state index contributed by atoms with van der Waals surface area (Å²) in [6.45, 7) is -0.491. The first-order valence-corrected chi connectivity index (χ1v) is 9.19. The summed E-state index contributed by atoms with van der Waals surface area (Å²) < 4.78 is 46.2. The quantitative estimate of drug-likeness (QED) is 0.646. The molecule has 1 aliphatic rings. The van der Waals surface area contributed by atoms with Crippen LogP contribution >= 0.6 is 0 Å². The number of nitrogens with zero attached hydrogens (tertiary/aromatic N) is 3. The number of anilines is 2. The van der Waals surface area contributed by atoms with Crippen LogP contribution in [0.15, 0.2) is 54.9 Å². The van der Waals surface area contributed by atoms with Gasteiger partial charge in [0.15, 0.2) is 6.61 Å². The lowest BCUT2D eigenvalue weighted by molar-refractivity contribution is -0.137. The topological polar surface area (TPSA) is 98.1 Å². The summed E-state index contributed by atoms with van der Waals surface area (Å²) in [6, 6.07) is 11.0. The van der Waals surface area contributed by atoms with Crippen molar-refractivity contribution in [2.45, 2.75) is 18.6 Å². The van der Waals surface area contributed by atoms with Gasteiger partial charge in [-0.25, -0.2) is 4.68 Å². The molecule has 2 amide bonds. The molecule has 0 unspecified atom stereocenters. The Kier molecular flexibility index (Phi) is 5.32. The van der Waals surface area contributed by atoms with Gasteiger partial charge in [0.25, 0.3) is 5.91 Å². The van der Waals surface area contributed by atoms with Gasteiger partial charge in [0.2, 0.25) is 11.9 Å². The maximum atomic E-state index is 13.1. The van der Waals surface area contributed by atoms with E-state index in [1.807, 2.05) is 0 Å². The van der Waals surface area contributed by atoms with Crippen LogP contribution in [0.3, 0.4) is 0 Å². The maximum Gasteiger partial charge on any atom is 0.418 e. The number of ether oxygens (including phenoxy) is 1. The van der Waals surface area contributed by atoms with Gasteiger partial charge in [0.05, 0.1) is 23.7 Å². The molecule has 0 saturated carbocycles. The monoisotopic (exact) mass is 431 g/mol. The fourth-order valence-electron chi connectivity index (χ4n) is 3.25. The molecule has 0 spiro atoms. The zero-order chi connectivity index (χ0) is 22.0. The average Bonchev–Trinajstić information content (AvgIpc) is 3.20. The highest BCUT2D eigenvalue weighted by molar-refractivity contribution is 5.93. The van der Waals surface area contributed by atoms with Gasteiger partial charge < -0.3 is 10.1 Å². The molecule has 2 N–H and O–H groups in total. The predicted octanol–water partition coefficient (Wildman–Crippen LogP) is 3.25. The molecule has 0 fully saturated rings. The first-order valence-electron chi connectivity index (χ1n) is 9.19. The predicted molar refractivity (Wildman–Crippen MR) is 103 cm³/mol. The second kappa shape index (κ2) is 8.09. The van der Waals surface area contributed by atoms with E-state index < -0.39 is 30.3 Å². The van der Waals surface area contributed by atoms with Crippen LogP contribution in [0, 0.1) is 0 Å². The Bertz CT molecular complexity index is 1130. The highest BCUT2D eigenvalue weighted by Gasteiger charge is 2.33. The lowest BCUT2D eigenvalue weighted by Crippen LogP contribution is -2.29. The number of para-hydroxylation sites is 1. The van der Waals surface area contributed by atoms with Crippen LogP contribution in [-0.4, -0.2) is 33.2 Å². The molecular formula is C20H16F3N5O3. The largest absolute Gasteiger partial charge is 0.484 e. The highest BCUT2D eigenvalue weighted by Crippen LogP contribution is 2.34. The smallest absolute Gasteiger partial charge is 0.418 e. The van der Waals surface area contributed by atoms with Crippen LogP contribution < -0.4 is 15.4 Å². The molecule has 160 valence electrons. The van der Waals surface area contributed by atoms with E-state index in [0.29, 0.717) is 17.3 Å². The van der Waals surface area contributed by atoms with Crippen molar-refractivity contribution in [3.05, 3.63) is 66.0 Å². The number of benzene rings is 2. The lowest BCUT2D eigenvalue weighted by atomic mass is 10.0. The van der Waals surface area contributed by atoms with Crippen molar-refractivity contribution in [2.24, 2.45) is 0 Å². The summed E-state index contributed by atoms with van der Waals surface area (Å²) in [5, 5.41) is 8.96. The molecule has 11 heteroatoms. The number of alkyl halides is 3. The number of halogens is 3. The van der Waals surface area contributed by atoms with Crippen molar-refractivity contribution in [1.29, 1.82) is 0 Å². The molecular weight excluding hydrogens is 415 g/mol. The van der Waals surface area contributed by atoms with Crippen molar-refractivity contribution in [3.8, 4) is 5.75 Å². The molecule has 0 bridgehead atoms. The molecule has 2 heterocycles. The molecule has 8 nitrogen and oxygen atoms in total. The van der Waals surface area contributed by atoms with E-state index in [-0.39, 0.29) is 18.0 Å². The summed E-state index contributed by atoms with van der Waals surface area (Å²) in [7, 11) is 0. The summed E-state index contributed by atoms with van der Waals surface area (Å²) >= 11 is 0. The van der Waals surface area contributed by atoms with Gasteiger partial charge in [-0.2, -0.15) is 23.3 Å². The Morgan fingerprint density at radius 3 is 2.84 bits per heavy atom. The molecule has 2 aromatic carbocycles. The number of nitrogens with one attached hydrogen (secondary N) is 2. The molecule has 1 aliphatic heterocycles. The standard InChI is InChI=1S/C20H16F3N5O3/c21-20(22,23)14-6-1-2-7-15(14)26-18(30)10-31-13-5-3-4-12(8-13)16-9-17(29)27-19-24-11-25-28(16)19/h1-8,11,16H,9-10H2,(H,26,30)(H,24,25,27,29)/t16-/m1/s1. The van der Waals surface area contributed by atoms with Crippen molar-refractivity contribution >= 4 is 23.5 Å². The molecule has 3 aromatic rings. The number of carbonyl (C=O) groups is 2. The van der Waals surface area contributed by atoms with Crippen LogP contribution in [0.4, 0.5) is 24.8 Å². The minimum Gasteiger partial charge on any atom is -0.484 e. The van der Waals surface area contributed by atoms with Crippen molar-refractivity contribution in [3.63, 3.8) is 0 Å². The van der Waals surface area contributed by atoms with E-state index in [1.165, 1.54) is 24.5 Å². The van der Waals surface area contributed by atoms with Gasteiger partial charge >= 0.3 is 6.18 Å².